The predicted octanol–water partition coefficient (Wildman–Crippen LogP) is 1.92. The van der Waals surface area contributed by atoms with Crippen LogP contribution in [-0.4, -0.2) is 61.0 Å². The van der Waals surface area contributed by atoms with Crippen molar-refractivity contribution in [3.63, 3.8) is 0 Å². The van der Waals surface area contributed by atoms with Crippen LogP contribution in [0, 0.1) is 17.8 Å². The maximum Gasteiger partial charge on any atom is 0.298 e. The van der Waals surface area contributed by atoms with Gasteiger partial charge in [0.25, 0.3) is 5.91 Å². The van der Waals surface area contributed by atoms with E-state index in [1.54, 1.807) is 0 Å². The van der Waals surface area contributed by atoms with E-state index in [4.69, 9.17) is 4.74 Å². The van der Waals surface area contributed by atoms with Gasteiger partial charge >= 0.3 is 0 Å². The lowest BCUT2D eigenvalue weighted by atomic mass is 9.93. The number of hydrogen-bond donors (Lipinski definition) is 0. The molecule has 0 unspecified atom stereocenters. The lowest BCUT2D eigenvalue weighted by molar-refractivity contribution is -0.135. The van der Waals surface area contributed by atoms with Gasteiger partial charge in [-0.1, -0.05) is 24.1 Å². The Bertz CT molecular complexity index is 671. The maximum atomic E-state index is 12.4. The molecule has 5 nitrogen and oxygen atoms in total. The molecule has 0 aromatic heterocycles. The van der Waals surface area contributed by atoms with Crippen molar-refractivity contribution in [3.8, 4) is 11.8 Å². The average Bonchev–Trinajstić information content (AvgIpc) is 2.72. The first-order chi connectivity index (χ1) is 12.7. The fourth-order valence-electron chi connectivity index (χ4n) is 3.51. The van der Waals surface area contributed by atoms with Crippen LogP contribution in [0.2, 0.25) is 0 Å². The van der Waals surface area contributed by atoms with Gasteiger partial charge in [-0.05, 0) is 37.3 Å². The number of amides is 2. The third kappa shape index (κ3) is 5.34. The molecule has 0 aliphatic carbocycles. The molecule has 138 valence electrons. The highest BCUT2D eigenvalue weighted by molar-refractivity contribution is 5.94. The third-order valence-corrected chi connectivity index (χ3v) is 5.02. The Kier molecular flexibility index (Phi) is 6.68. The zero-order valence-electron chi connectivity index (χ0n) is 15.2. The number of carbonyl (C=O) groups excluding carboxylic acids is 2. The molecule has 3 rings (SSSR count). The van der Waals surface area contributed by atoms with Crippen LogP contribution in [0.4, 0.5) is 0 Å². The first kappa shape index (κ1) is 18.5. The van der Waals surface area contributed by atoms with Crippen molar-refractivity contribution < 1.29 is 14.3 Å². The van der Waals surface area contributed by atoms with Crippen molar-refractivity contribution in [1.29, 1.82) is 0 Å². The fraction of sp³-hybridized carbons (Fsp3) is 0.524. The average molecular weight is 354 g/mol. The second-order valence-electron chi connectivity index (χ2n) is 6.91. The molecule has 0 spiro atoms. The van der Waals surface area contributed by atoms with Crippen molar-refractivity contribution in [2.75, 3.05) is 39.4 Å². The number of hydrogen-bond acceptors (Lipinski definition) is 3. The van der Waals surface area contributed by atoms with Crippen LogP contribution in [0.3, 0.4) is 0 Å². The Morgan fingerprint density at radius 3 is 2.62 bits per heavy atom. The standard InChI is InChI=1S/C21H26N2O3/c24-20(22-13-15-26-16-14-22)11-9-19-7-4-12-23(17-19)21(25)10-8-18-5-2-1-3-6-18/h1-3,5-6,19H,4,7,9,11-17H2/t19-/m0/s1. The molecule has 1 aromatic carbocycles. The SMILES string of the molecule is O=C(C#Cc1ccccc1)N1CCC[C@@H](CCC(=O)N2CCOCC2)C1. The minimum absolute atomic E-state index is 0.113. The van der Waals surface area contributed by atoms with E-state index in [1.807, 2.05) is 40.1 Å². The first-order valence-electron chi connectivity index (χ1n) is 9.44. The predicted molar refractivity (Wildman–Crippen MR) is 99.3 cm³/mol. The summed E-state index contributed by atoms with van der Waals surface area (Å²) in [6.07, 6.45) is 3.45. The highest BCUT2D eigenvalue weighted by atomic mass is 16.5. The molecular weight excluding hydrogens is 328 g/mol. The van der Waals surface area contributed by atoms with E-state index >= 15 is 0 Å². The van der Waals surface area contributed by atoms with Crippen molar-refractivity contribution in [1.82, 2.24) is 9.80 Å². The van der Waals surface area contributed by atoms with Crippen molar-refractivity contribution in [2.24, 2.45) is 5.92 Å². The molecule has 2 aliphatic rings. The largest absolute Gasteiger partial charge is 0.378 e. The van der Waals surface area contributed by atoms with Crippen LogP contribution in [-0.2, 0) is 14.3 Å². The summed E-state index contributed by atoms with van der Waals surface area (Å²) in [6.45, 7) is 4.14. The van der Waals surface area contributed by atoms with Crippen molar-refractivity contribution in [3.05, 3.63) is 35.9 Å². The number of nitrogens with zero attached hydrogens (tertiary/aromatic N) is 2. The summed E-state index contributed by atoms with van der Waals surface area (Å²) >= 11 is 0. The van der Waals surface area contributed by atoms with Gasteiger partial charge in [0.2, 0.25) is 5.91 Å². The molecule has 2 fully saturated rings. The second kappa shape index (κ2) is 9.40. The number of piperidine rings is 1. The molecule has 0 radical (unpaired) electrons. The van der Waals surface area contributed by atoms with Crippen LogP contribution in [0.15, 0.2) is 30.3 Å². The number of carbonyl (C=O) groups is 2. The molecule has 0 bridgehead atoms. The summed E-state index contributed by atoms with van der Waals surface area (Å²) in [4.78, 5) is 28.4. The van der Waals surface area contributed by atoms with Gasteiger partial charge in [0, 0.05) is 44.1 Å². The number of likely N-dealkylation sites (tertiary alicyclic amines) is 1. The van der Waals surface area contributed by atoms with Crippen molar-refractivity contribution in [2.45, 2.75) is 25.7 Å². The molecule has 0 N–H and O–H groups in total. The van der Waals surface area contributed by atoms with Crippen LogP contribution in [0.25, 0.3) is 0 Å². The Morgan fingerprint density at radius 2 is 1.85 bits per heavy atom. The van der Waals surface area contributed by atoms with Gasteiger partial charge in [0.1, 0.15) is 0 Å². The molecule has 2 heterocycles. The first-order valence-corrected chi connectivity index (χ1v) is 9.44. The van der Waals surface area contributed by atoms with Crippen LogP contribution < -0.4 is 0 Å². The topological polar surface area (TPSA) is 49.9 Å². The lowest BCUT2D eigenvalue weighted by Gasteiger charge is -2.32. The quantitative estimate of drug-likeness (QED) is 0.779. The summed E-state index contributed by atoms with van der Waals surface area (Å²) in [5, 5.41) is 0. The van der Waals surface area contributed by atoms with Gasteiger partial charge in [0.15, 0.2) is 0 Å². The number of morpholine rings is 1. The van der Waals surface area contributed by atoms with Crippen molar-refractivity contribution >= 4 is 11.8 Å². The van der Waals surface area contributed by atoms with Gasteiger partial charge in [-0.2, -0.15) is 0 Å². The molecule has 1 atom stereocenters. The molecule has 2 saturated heterocycles. The molecule has 26 heavy (non-hydrogen) atoms. The van der Waals surface area contributed by atoms with Crippen LogP contribution in [0.5, 0.6) is 0 Å². The number of rotatable bonds is 3. The maximum absolute atomic E-state index is 12.4. The summed E-state index contributed by atoms with van der Waals surface area (Å²) in [5.41, 5.74) is 0.852. The Balaban J connectivity index is 1.47. The smallest absolute Gasteiger partial charge is 0.298 e. The van der Waals surface area contributed by atoms with E-state index in [9.17, 15) is 9.59 Å². The van der Waals surface area contributed by atoms with E-state index in [1.165, 1.54) is 0 Å². The number of benzene rings is 1. The summed E-state index contributed by atoms with van der Waals surface area (Å²) in [5.74, 6) is 6.17. The molecule has 5 heteroatoms. The molecule has 0 saturated carbocycles. The second-order valence-corrected chi connectivity index (χ2v) is 6.91. The van der Waals surface area contributed by atoms with E-state index in [0.717, 1.165) is 31.4 Å². The van der Waals surface area contributed by atoms with Crippen LogP contribution >= 0.6 is 0 Å². The Labute approximate surface area is 155 Å². The van der Waals surface area contributed by atoms with Gasteiger partial charge < -0.3 is 14.5 Å². The monoisotopic (exact) mass is 354 g/mol. The minimum atomic E-state index is -0.113. The van der Waals surface area contributed by atoms with Crippen LogP contribution in [0.1, 0.15) is 31.2 Å². The highest BCUT2D eigenvalue weighted by Crippen LogP contribution is 2.21. The Morgan fingerprint density at radius 1 is 1.08 bits per heavy atom. The van der Waals surface area contributed by atoms with E-state index in [2.05, 4.69) is 11.8 Å². The van der Waals surface area contributed by atoms with E-state index in [0.29, 0.717) is 45.2 Å². The van der Waals surface area contributed by atoms with Gasteiger partial charge in [-0.15, -0.1) is 0 Å². The molecule has 2 amide bonds. The summed E-state index contributed by atoms with van der Waals surface area (Å²) in [6, 6.07) is 9.56. The summed E-state index contributed by atoms with van der Waals surface area (Å²) in [7, 11) is 0. The van der Waals surface area contributed by atoms with Gasteiger partial charge in [-0.3, -0.25) is 9.59 Å². The van der Waals surface area contributed by atoms with Gasteiger partial charge in [0.05, 0.1) is 13.2 Å². The molecule has 2 aliphatic heterocycles. The third-order valence-electron chi connectivity index (χ3n) is 5.02. The minimum Gasteiger partial charge on any atom is -0.378 e. The fourth-order valence-corrected chi connectivity index (χ4v) is 3.51. The van der Waals surface area contributed by atoms with Gasteiger partial charge in [-0.25, -0.2) is 0 Å². The normalized spacial score (nSPS) is 20.2. The zero-order valence-corrected chi connectivity index (χ0v) is 15.2. The lowest BCUT2D eigenvalue weighted by Crippen LogP contribution is -2.42. The molecule has 1 aromatic rings. The highest BCUT2D eigenvalue weighted by Gasteiger charge is 2.24. The summed E-state index contributed by atoms with van der Waals surface area (Å²) < 4.78 is 5.29. The zero-order chi connectivity index (χ0) is 18.2. The molecular formula is C21H26N2O3. The number of ether oxygens (including phenoxy) is 1. The Hall–Kier alpha value is -2.32. The van der Waals surface area contributed by atoms with E-state index in [-0.39, 0.29) is 11.8 Å². The van der Waals surface area contributed by atoms with E-state index < -0.39 is 0 Å².